The van der Waals surface area contributed by atoms with E-state index in [4.69, 9.17) is 0 Å². The number of ketones is 1. The summed E-state index contributed by atoms with van der Waals surface area (Å²) in [5, 5.41) is 0. The molecule has 0 unspecified atom stereocenters. The van der Waals surface area contributed by atoms with Crippen molar-refractivity contribution in [3.63, 3.8) is 0 Å². The molecule has 3 nitrogen and oxygen atoms in total. The number of Topliss-reactive ketones (excluding diaryl/α,β-unsaturated/α-hetero) is 1. The van der Waals surface area contributed by atoms with Crippen molar-refractivity contribution in [2.45, 2.75) is 33.1 Å². The van der Waals surface area contributed by atoms with Gasteiger partial charge in [0, 0.05) is 18.4 Å². The van der Waals surface area contributed by atoms with Crippen LogP contribution in [0.25, 0.3) is 0 Å². The van der Waals surface area contributed by atoms with E-state index < -0.39 is 0 Å². The van der Waals surface area contributed by atoms with Crippen molar-refractivity contribution in [2.24, 2.45) is 0 Å². The fourth-order valence-electron chi connectivity index (χ4n) is 1.67. The van der Waals surface area contributed by atoms with Gasteiger partial charge in [0.15, 0.2) is 5.78 Å². The number of hydrogen-bond donors (Lipinski definition) is 0. The lowest BCUT2D eigenvalue weighted by molar-refractivity contribution is -0.140. The number of benzene rings is 1. The lowest BCUT2D eigenvalue weighted by atomic mass is 9.99. The van der Waals surface area contributed by atoms with Gasteiger partial charge in [0.1, 0.15) is 0 Å². The molecular weight excluding hydrogens is 216 g/mol. The molecule has 92 valence electrons. The van der Waals surface area contributed by atoms with Crippen molar-refractivity contribution in [3.05, 3.63) is 34.9 Å². The maximum Gasteiger partial charge on any atom is 0.305 e. The van der Waals surface area contributed by atoms with Crippen LogP contribution in [0, 0.1) is 13.8 Å². The van der Waals surface area contributed by atoms with Gasteiger partial charge in [0.25, 0.3) is 0 Å². The SMILES string of the molecule is COC(=O)CCCC(=O)c1cc(C)ccc1C. The van der Waals surface area contributed by atoms with Gasteiger partial charge in [-0.1, -0.05) is 17.7 Å². The van der Waals surface area contributed by atoms with Crippen molar-refractivity contribution < 1.29 is 14.3 Å². The van der Waals surface area contributed by atoms with Crippen LogP contribution < -0.4 is 0 Å². The zero-order chi connectivity index (χ0) is 12.8. The molecule has 0 heterocycles. The van der Waals surface area contributed by atoms with Crippen LogP contribution in [0.4, 0.5) is 0 Å². The molecule has 0 bridgehead atoms. The maximum atomic E-state index is 11.9. The van der Waals surface area contributed by atoms with Crippen LogP contribution in [0.2, 0.25) is 0 Å². The van der Waals surface area contributed by atoms with Crippen LogP contribution in [-0.2, 0) is 9.53 Å². The first kappa shape index (κ1) is 13.4. The Kier molecular flexibility index (Phi) is 4.88. The number of rotatable bonds is 5. The smallest absolute Gasteiger partial charge is 0.305 e. The lowest BCUT2D eigenvalue weighted by Gasteiger charge is -2.05. The summed E-state index contributed by atoms with van der Waals surface area (Å²) in [5.74, 6) is -0.172. The molecule has 0 aromatic heterocycles. The zero-order valence-corrected chi connectivity index (χ0v) is 10.6. The average molecular weight is 234 g/mol. The van der Waals surface area contributed by atoms with Crippen LogP contribution in [-0.4, -0.2) is 18.9 Å². The van der Waals surface area contributed by atoms with Crippen molar-refractivity contribution in [1.29, 1.82) is 0 Å². The molecule has 0 spiro atoms. The Morgan fingerprint density at radius 3 is 2.53 bits per heavy atom. The molecule has 0 saturated heterocycles. The molecule has 0 aliphatic heterocycles. The van der Waals surface area contributed by atoms with E-state index in [1.165, 1.54) is 7.11 Å². The summed E-state index contributed by atoms with van der Waals surface area (Å²) in [6, 6.07) is 5.83. The normalized spacial score (nSPS) is 10.1. The molecule has 3 heteroatoms. The summed E-state index contributed by atoms with van der Waals surface area (Å²) in [5.41, 5.74) is 2.82. The molecule has 0 aliphatic carbocycles. The Morgan fingerprint density at radius 1 is 1.18 bits per heavy atom. The Balaban J connectivity index is 2.58. The monoisotopic (exact) mass is 234 g/mol. The summed E-state index contributed by atoms with van der Waals surface area (Å²) >= 11 is 0. The van der Waals surface area contributed by atoms with Crippen LogP contribution in [0.1, 0.15) is 40.7 Å². The number of ether oxygens (including phenoxy) is 1. The van der Waals surface area contributed by atoms with Crippen LogP contribution in [0.5, 0.6) is 0 Å². The van der Waals surface area contributed by atoms with E-state index in [0.717, 1.165) is 16.7 Å². The largest absolute Gasteiger partial charge is 0.469 e. The first-order valence-corrected chi connectivity index (χ1v) is 5.72. The van der Waals surface area contributed by atoms with E-state index in [1.807, 2.05) is 32.0 Å². The minimum absolute atomic E-state index is 0.0927. The molecule has 1 aromatic rings. The number of hydrogen-bond acceptors (Lipinski definition) is 3. The van der Waals surface area contributed by atoms with Crippen LogP contribution in [0.3, 0.4) is 0 Å². The van der Waals surface area contributed by atoms with Crippen LogP contribution >= 0.6 is 0 Å². The Morgan fingerprint density at radius 2 is 1.88 bits per heavy atom. The third-order valence-corrected chi connectivity index (χ3v) is 2.71. The molecule has 0 N–H and O–H groups in total. The standard InChI is InChI=1S/C14H18O3/c1-10-7-8-11(2)12(9-10)13(15)5-4-6-14(16)17-3/h7-9H,4-6H2,1-3H3. The Bertz CT molecular complexity index is 421. The molecule has 0 fully saturated rings. The van der Waals surface area contributed by atoms with Gasteiger partial charge in [-0.3, -0.25) is 9.59 Å². The number of aryl methyl sites for hydroxylation is 2. The topological polar surface area (TPSA) is 43.4 Å². The van der Waals surface area contributed by atoms with E-state index >= 15 is 0 Å². The van der Waals surface area contributed by atoms with Crippen LogP contribution in [0.15, 0.2) is 18.2 Å². The van der Waals surface area contributed by atoms with Crippen molar-refractivity contribution in [3.8, 4) is 0 Å². The molecule has 0 aliphatic rings. The predicted molar refractivity (Wildman–Crippen MR) is 66.1 cm³/mol. The van der Waals surface area contributed by atoms with Gasteiger partial charge < -0.3 is 4.74 Å². The second kappa shape index (κ2) is 6.18. The molecular formula is C14H18O3. The lowest BCUT2D eigenvalue weighted by Crippen LogP contribution is -2.05. The number of carbonyl (C=O) groups is 2. The second-order valence-electron chi connectivity index (χ2n) is 4.17. The Hall–Kier alpha value is -1.64. The molecule has 0 atom stereocenters. The van der Waals surface area contributed by atoms with Gasteiger partial charge in [-0.2, -0.15) is 0 Å². The third-order valence-electron chi connectivity index (χ3n) is 2.71. The highest BCUT2D eigenvalue weighted by molar-refractivity contribution is 5.97. The second-order valence-corrected chi connectivity index (χ2v) is 4.17. The van der Waals surface area contributed by atoms with Gasteiger partial charge in [-0.05, 0) is 31.9 Å². The molecule has 1 rings (SSSR count). The highest BCUT2D eigenvalue weighted by atomic mass is 16.5. The predicted octanol–water partition coefficient (Wildman–Crippen LogP) is 2.83. The molecule has 17 heavy (non-hydrogen) atoms. The summed E-state index contributed by atoms with van der Waals surface area (Å²) in [6.07, 6.45) is 1.23. The quantitative estimate of drug-likeness (QED) is 0.581. The summed E-state index contributed by atoms with van der Waals surface area (Å²) < 4.78 is 4.53. The van der Waals surface area contributed by atoms with E-state index in [2.05, 4.69) is 4.74 Å². The summed E-state index contributed by atoms with van der Waals surface area (Å²) in [7, 11) is 1.36. The van der Waals surface area contributed by atoms with E-state index in [-0.39, 0.29) is 11.8 Å². The molecule has 0 radical (unpaired) electrons. The zero-order valence-electron chi connectivity index (χ0n) is 10.6. The summed E-state index contributed by atoms with van der Waals surface area (Å²) in [6.45, 7) is 3.89. The minimum atomic E-state index is -0.265. The number of methoxy groups -OCH3 is 1. The molecule has 0 saturated carbocycles. The van der Waals surface area contributed by atoms with Crippen molar-refractivity contribution in [1.82, 2.24) is 0 Å². The third kappa shape index (κ3) is 4.02. The van der Waals surface area contributed by atoms with Crippen molar-refractivity contribution >= 4 is 11.8 Å². The van der Waals surface area contributed by atoms with Gasteiger partial charge in [0.05, 0.1) is 7.11 Å². The highest BCUT2D eigenvalue weighted by Gasteiger charge is 2.10. The van der Waals surface area contributed by atoms with Crippen molar-refractivity contribution in [2.75, 3.05) is 7.11 Å². The maximum absolute atomic E-state index is 11.9. The van der Waals surface area contributed by atoms with Gasteiger partial charge in [-0.15, -0.1) is 0 Å². The molecule has 1 aromatic carbocycles. The average Bonchev–Trinajstić information content (AvgIpc) is 2.31. The Labute approximate surface area is 102 Å². The first-order valence-electron chi connectivity index (χ1n) is 5.72. The first-order chi connectivity index (χ1) is 8.04. The summed E-state index contributed by atoms with van der Waals surface area (Å²) in [4.78, 5) is 22.9. The highest BCUT2D eigenvalue weighted by Crippen LogP contribution is 2.14. The van der Waals surface area contributed by atoms with Gasteiger partial charge >= 0.3 is 5.97 Å². The van der Waals surface area contributed by atoms with Gasteiger partial charge in [-0.25, -0.2) is 0 Å². The number of carbonyl (C=O) groups excluding carboxylic acids is 2. The molecule has 0 amide bonds. The van der Waals surface area contributed by atoms with Gasteiger partial charge in [0.2, 0.25) is 0 Å². The fourth-order valence-corrected chi connectivity index (χ4v) is 1.67. The fraction of sp³-hybridized carbons (Fsp3) is 0.429. The minimum Gasteiger partial charge on any atom is -0.469 e. The number of esters is 1. The van der Waals surface area contributed by atoms with E-state index in [9.17, 15) is 9.59 Å². The van der Waals surface area contributed by atoms with E-state index in [1.54, 1.807) is 0 Å². The van der Waals surface area contributed by atoms with E-state index in [0.29, 0.717) is 19.3 Å².